The van der Waals surface area contributed by atoms with Gasteiger partial charge in [0.15, 0.2) is 0 Å². The lowest BCUT2D eigenvalue weighted by molar-refractivity contribution is -0.138. The fraction of sp³-hybridized carbons (Fsp3) is 0.393. The second-order valence-electron chi connectivity index (χ2n) is 10.2. The van der Waals surface area contributed by atoms with Crippen LogP contribution in [0.3, 0.4) is 0 Å². The average Bonchev–Trinajstić information content (AvgIpc) is 3.29. The van der Waals surface area contributed by atoms with Crippen molar-refractivity contribution in [2.75, 3.05) is 6.54 Å². The molecule has 2 aliphatic heterocycles. The molecule has 0 radical (unpaired) electrons. The molecule has 7 nitrogen and oxygen atoms in total. The van der Waals surface area contributed by atoms with E-state index in [1.165, 1.54) is 35.4 Å². The Labute approximate surface area is 222 Å². The quantitative estimate of drug-likeness (QED) is 0.422. The highest BCUT2D eigenvalue weighted by Gasteiger charge is 2.47. The molecule has 1 saturated carbocycles. The Morgan fingerprint density at radius 1 is 1.13 bits per heavy atom. The van der Waals surface area contributed by atoms with E-state index < -0.39 is 72.5 Å². The van der Waals surface area contributed by atoms with Crippen LogP contribution in [-0.2, 0) is 14.4 Å². The van der Waals surface area contributed by atoms with Gasteiger partial charge in [-0.05, 0) is 17.5 Å². The monoisotopic (exact) mass is 542 g/mol. The van der Waals surface area contributed by atoms with E-state index in [4.69, 9.17) is 0 Å². The van der Waals surface area contributed by atoms with E-state index >= 15 is 0 Å². The Morgan fingerprint density at radius 2 is 1.87 bits per heavy atom. The van der Waals surface area contributed by atoms with E-state index in [-0.39, 0.29) is 30.6 Å². The maximum Gasteiger partial charge on any atom is 0.269 e. The number of likely N-dealkylation sites (tertiary alicyclic amines) is 1. The van der Waals surface area contributed by atoms with E-state index in [1.807, 2.05) is 0 Å². The molecule has 5 rings (SSSR count). The fourth-order valence-corrected chi connectivity index (χ4v) is 5.23. The SMILES string of the molecule is O=C1C=CC(CC(=O)N2C[C@H](F)C[C@H]2C(=O)N[C@@H](c2ccccc2)c2ccc(C3CC(F)(F)C3)c(F)n2)C=N1. The van der Waals surface area contributed by atoms with Crippen molar-refractivity contribution in [3.05, 3.63) is 77.4 Å². The van der Waals surface area contributed by atoms with Gasteiger partial charge in [-0.2, -0.15) is 4.39 Å². The number of hydrogen-bond acceptors (Lipinski definition) is 4. The zero-order chi connectivity index (χ0) is 27.7. The van der Waals surface area contributed by atoms with Gasteiger partial charge in [-0.15, -0.1) is 0 Å². The van der Waals surface area contributed by atoms with Crippen LogP contribution in [0.4, 0.5) is 17.6 Å². The lowest BCUT2D eigenvalue weighted by atomic mass is 9.77. The number of dihydropyridines is 1. The minimum atomic E-state index is -2.81. The maximum atomic E-state index is 14.9. The molecule has 1 aliphatic carbocycles. The number of amides is 3. The first-order valence-corrected chi connectivity index (χ1v) is 12.7. The minimum Gasteiger partial charge on any atom is -0.342 e. The molecule has 2 fully saturated rings. The fourth-order valence-electron chi connectivity index (χ4n) is 5.23. The standard InChI is InChI=1S/C28H26F4N4O3/c29-19-11-22(36(15-19)24(38)10-16-6-9-23(37)33-14-16)27(39)35-25(17-4-2-1-3-5-17)21-8-7-20(26(30)34-21)18-12-28(31,32)13-18/h1-9,14,16,18-19,22,25H,10-13,15H2,(H,35,39)/t16?,19-,22+,25+/m1/s1. The summed E-state index contributed by atoms with van der Waals surface area (Å²) in [6.45, 7) is -0.257. The predicted molar refractivity (Wildman–Crippen MR) is 133 cm³/mol. The maximum absolute atomic E-state index is 14.9. The summed E-state index contributed by atoms with van der Waals surface area (Å²) in [7, 11) is 0. The highest BCUT2D eigenvalue weighted by Crippen LogP contribution is 2.48. The van der Waals surface area contributed by atoms with E-state index in [0.717, 1.165) is 0 Å². The van der Waals surface area contributed by atoms with E-state index in [2.05, 4.69) is 15.3 Å². The van der Waals surface area contributed by atoms with Gasteiger partial charge in [0.2, 0.25) is 23.7 Å². The van der Waals surface area contributed by atoms with Crippen LogP contribution >= 0.6 is 0 Å². The summed E-state index contributed by atoms with van der Waals surface area (Å²) < 4.78 is 56.0. The summed E-state index contributed by atoms with van der Waals surface area (Å²) in [5.74, 6) is -6.31. The minimum absolute atomic E-state index is 0.0830. The number of alkyl halides is 3. The smallest absolute Gasteiger partial charge is 0.269 e. The molecule has 3 aliphatic rings. The molecule has 1 unspecified atom stereocenters. The number of carbonyl (C=O) groups is 3. The number of nitrogens with zero attached hydrogens (tertiary/aromatic N) is 3. The molecular weight excluding hydrogens is 516 g/mol. The summed E-state index contributed by atoms with van der Waals surface area (Å²) in [5, 5.41) is 2.79. The first kappa shape index (κ1) is 26.7. The van der Waals surface area contributed by atoms with Crippen LogP contribution < -0.4 is 5.32 Å². The van der Waals surface area contributed by atoms with Crippen molar-refractivity contribution in [1.82, 2.24) is 15.2 Å². The number of rotatable bonds is 7. The van der Waals surface area contributed by atoms with Crippen molar-refractivity contribution >= 4 is 23.9 Å². The Kier molecular flexibility index (Phi) is 7.33. The summed E-state index contributed by atoms with van der Waals surface area (Å²) in [5.41, 5.74) is 0.807. The van der Waals surface area contributed by atoms with Crippen molar-refractivity contribution in [3.63, 3.8) is 0 Å². The number of allylic oxidation sites excluding steroid dienone is 1. The summed E-state index contributed by atoms with van der Waals surface area (Å²) >= 11 is 0. The normalized spacial score (nSPS) is 24.9. The van der Waals surface area contributed by atoms with Gasteiger partial charge < -0.3 is 10.2 Å². The third-order valence-corrected chi connectivity index (χ3v) is 7.31. The van der Waals surface area contributed by atoms with Crippen LogP contribution in [-0.4, -0.2) is 58.5 Å². The van der Waals surface area contributed by atoms with Crippen molar-refractivity contribution in [2.45, 2.75) is 55.8 Å². The largest absolute Gasteiger partial charge is 0.342 e. The second-order valence-corrected chi connectivity index (χ2v) is 10.2. The lowest BCUT2D eigenvalue weighted by Gasteiger charge is -2.35. The third kappa shape index (κ3) is 5.91. The number of carbonyl (C=O) groups excluding carboxylic acids is 3. The van der Waals surface area contributed by atoms with Crippen molar-refractivity contribution < 1.29 is 31.9 Å². The van der Waals surface area contributed by atoms with Gasteiger partial charge in [-0.25, -0.2) is 23.1 Å². The molecule has 1 aromatic carbocycles. The van der Waals surface area contributed by atoms with Gasteiger partial charge in [-0.3, -0.25) is 14.4 Å². The van der Waals surface area contributed by atoms with Crippen molar-refractivity contribution in [2.24, 2.45) is 10.9 Å². The number of pyridine rings is 1. The first-order valence-electron chi connectivity index (χ1n) is 12.7. The average molecular weight is 543 g/mol. The van der Waals surface area contributed by atoms with Gasteiger partial charge in [0.25, 0.3) is 5.91 Å². The van der Waals surface area contributed by atoms with Crippen LogP contribution in [0.1, 0.15) is 54.5 Å². The number of halogens is 4. The van der Waals surface area contributed by atoms with Crippen LogP contribution in [0.25, 0.3) is 0 Å². The van der Waals surface area contributed by atoms with Gasteiger partial charge in [0.05, 0.1) is 18.3 Å². The molecule has 3 heterocycles. The summed E-state index contributed by atoms with van der Waals surface area (Å²) in [6, 6.07) is 9.48. The molecule has 2 aromatic rings. The summed E-state index contributed by atoms with van der Waals surface area (Å²) in [4.78, 5) is 46.5. The van der Waals surface area contributed by atoms with E-state index in [0.29, 0.717) is 5.56 Å². The third-order valence-electron chi connectivity index (χ3n) is 7.31. The molecule has 1 saturated heterocycles. The zero-order valence-corrected chi connectivity index (χ0v) is 20.8. The topological polar surface area (TPSA) is 91.7 Å². The molecule has 11 heteroatoms. The number of hydrogen-bond donors (Lipinski definition) is 1. The Hall–Kier alpha value is -3.89. The van der Waals surface area contributed by atoms with Crippen molar-refractivity contribution in [3.8, 4) is 0 Å². The lowest BCUT2D eigenvalue weighted by Crippen LogP contribution is -2.47. The molecule has 39 heavy (non-hydrogen) atoms. The van der Waals surface area contributed by atoms with Gasteiger partial charge in [0.1, 0.15) is 12.2 Å². The van der Waals surface area contributed by atoms with E-state index in [9.17, 15) is 31.9 Å². The van der Waals surface area contributed by atoms with Gasteiger partial charge in [-0.1, -0.05) is 42.5 Å². The molecule has 4 atom stereocenters. The molecule has 1 N–H and O–H groups in total. The summed E-state index contributed by atoms with van der Waals surface area (Å²) in [6.07, 6.45) is 1.54. The highest BCUT2D eigenvalue weighted by atomic mass is 19.3. The molecule has 0 bridgehead atoms. The molecule has 204 valence electrons. The number of aromatic nitrogens is 1. The van der Waals surface area contributed by atoms with Crippen molar-refractivity contribution in [1.29, 1.82) is 0 Å². The van der Waals surface area contributed by atoms with Crippen LogP contribution in [0.5, 0.6) is 0 Å². The first-order chi connectivity index (χ1) is 18.6. The number of aliphatic imine (C=N–C) groups is 1. The molecule has 3 amide bonds. The van der Waals surface area contributed by atoms with Gasteiger partial charge >= 0.3 is 0 Å². The Balaban J connectivity index is 1.35. The van der Waals surface area contributed by atoms with Crippen LogP contribution in [0.2, 0.25) is 0 Å². The highest BCUT2D eigenvalue weighted by molar-refractivity contribution is 5.98. The predicted octanol–water partition coefficient (Wildman–Crippen LogP) is 4.05. The number of benzene rings is 1. The molecule has 0 spiro atoms. The second kappa shape index (κ2) is 10.7. The van der Waals surface area contributed by atoms with Gasteiger partial charge in [0, 0.05) is 49.5 Å². The Bertz CT molecular complexity index is 1310. The van der Waals surface area contributed by atoms with E-state index in [1.54, 1.807) is 30.3 Å². The zero-order valence-electron chi connectivity index (χ0n) is 20.8. The molecular formula is C28H26F4N4O3. The Morgan fingerprint density at radius 3 is 2.51 bits per heavy atom. The number of nitrogens with one attached hydrogen (secondary N) is 1. The molecule has 1 aromatic heterocycles. The van der Waals surface area contributed by atoms with Crippen LogP contribution in [0, 0.1) is 11.9 Å². The van der Waals surface area contributed by atoms with Crippen LogP contribution in [0.15, 0.2) is 59.6 Å².